The lowest BCUT2D eigenvalue weighted by molar-refractivity contribution is -0.139. The van der Waals surface area contributed by atoms with E-state index in [9.17, 15) is 13.2 Å². The van der Waals surface area contributed by atoms with Crippen molar-refractivity contribution in [2.75, 3.05) is 46.0 Å². The number of halogens is 2. The Morgan fingerprint density at radius 2 is 1.76 bits per heavy atom. The molecule has 2 fully saturated rings. The van der Waals surface area contributed by atoms with Crippen molar-refractivity contribution in [2.45, 2.75) is 24.2 Å². The minimum atomic E-state index is -3.91. The first kappa shape index (κ1) is 25.3. The Balaban J connectivity index is 1.60. The Hall–Kier alpha value is -1.84. The number of hydrogen-bond acceptors (Lipinski definition) is 5. The molecule has 0 spiro atoms. The molecule has 0 N–H and O–H groups in total. The summed E-state index contributed by atoms with van der Waals surface area (Å²) in [4.78, 5) is 15.0. The van der Waals surface area contributed by atoms with Crippen LogP contribution in [-0.2, 0) is 19.6 Å². The normalized spacial score (nSPS) is 21.9. The molecule has 7 nitrogen and oxygen atoms in total. The molecule has 10 heteroatoms. The van der Waals surface area contributed by atoms with Gasteiger partial charge in [-0.15, -0.1) is 0 Å². The summed E-state index contributed by atoms with van der Waals surface area (Å²) in [6, 6.07) is 13.9. The zero-order valence-corrected chi connectivity index (χ0v) is 21.1. The minimum absolute atomic E-state index is 0.00488. The van der Waals surface area contributed by atoms with Gasteiger partial charge >= 0.3 is 0 Å². The summed E-state index contributed by atoms with van der Waals surface area (Å²) in [6.07, 6.45) is 1.46. The van der Waals surface area contributed by atoms with Gasteiger partial charge in [-0.1, -0.05) is 47.5 Å². The minimum Gasteiger partial charge on any atom is -0.493 e. The Morgan fingerprint density at radius 1 is 1.03 bits per heavy atom. The van der Waals surface area contributed by atoms with E-state index >= 15 is 0 Å². The van der Waals surface area contributed by atoms with Gasteiger partial charge in [-0.05, 0) is 37.1 Å². The molecule has 2 saturated heterocycles. The smallest absolute Gasteiger partial charge is 0.244 e. The molecule has 184 valence electrons. The van der Waals surface area contributed by atoms with Crippen molar-refractivity contribution in [3.05, 3.63) is 58.6 Å². The summed E-state index contributed by atoms with van der Waals surface area (Å²) in [5.41, 5.74) is -0.679. The van der Waals surface area contributed by atoms with E-state index in [4.69, 9.17) is 32.7 Å². The van der Waals surface area contributed by atoms with E-state index in [-0.39, 0.29) is 40.4 Å². The number of benzene rings is 2. The molecule has 4 rings (SSSR count). The number of carbonyl (C=O) groups is 1. The van der Waals surface area contributed by atoms with Crippen LogP contribution in [0, 0.1) is 5.41 Å². The van der Waals surface area contributed by atoms with Crippen LogP contribution in [-0.4, -0.2) is 69.5 Å². The lowest BCUT2D eigenvalue weighted by Crippen LogP contribution is -2.51. The van der Waals surface area contributed by atoms with Gasteiger partial charge in [0.05, 0.1) is 29.9 Å². The molecule has 2 aromatic rings. The van der Waals surface area contributed by atoms with Gasteiger partial charge in [-0.2, -0.15) is 4.31 Å². The van der Waals surface area contributed by atoms with Gasteiger partial charge in [0.25, 0.3) is 0 Å². The SMILES string of the molecule is O=C(CC1(COc2ccccc2)CCCN(S(=O)(=O)c2cccc(Cl)c2Cl)C1)N1CCOCC1. The maximum absolute atomic E-state index is 13.5. The van der Waals surface area contributed by atoms with Gasteiger partial charge in [-0.3, -0.25) is 4.79 Å². The van der Waals surface area contributed by atoms with Gasteiger partial charge < -0.3 is 14.4 Å². The second-order valence-corrected chi connectivity index (χ2v) is 11.5. The van der Waals surface area contributed by atoms with Crippen molar-refractivity contribution in [1.29, 1.82) is 0 Å². The highest BCUT2D eigenvalue weighted by molar-refractivity contribution is 7.89. The van der Waals surface area contributed by atoms with Crippen LogP contribution in [0.25, 0.3) is 0 Å². The average molecular weight is 527 g/mol. The number of morpholine rings is 1. The molecule has 1 amide bonds. The van der Waals surface area contributed by atoms with Gasteiger partial charge in [-0.25, -0.2) is 8.42 Å². The predicted octanol–water partition coefficient (Wildman–Crippen LogP) is 4.09. The average Bonchev–Trinajstić information content (AvgIpc) is 2.86. The molecule has 0 saturated carbocycles. The summed E-state index contributed by atoms with van der Waals surface area (Å²) in [7, 11) is -3.91. The molecule has 2 heterocycles. The molecule has 34 heavy (non-hydrogen) atoms. The molecular weight excluding hydrogens is 499 g/mol. The molecule has 2 aromatic carbocycles. The van der Waals surface area contributed by atoms with E-state index in [0.717, 1.165) is 0 Å². The summed E-state index contributed by atoms with van der Waals surface area (Å²) in [6.45, 7) is 2.80. The third-order valence-electron chi connectivity index (χ3n) is 6.34. The second-order valence-electron chi connectivity index (χ2n) is 8.77. The fourth-order valence-corrected chi connectivity index (χ4v) is 6.83. The molecule has 2 aliphatic rings. The van der Waals surface area contributed by atoms with Crippen molar-refractivity contribution in [3.63, 3.8) is 0 Å². The number of sulfonamides is 1. The highest BCUT2D eigenvalue weighted by Crippen LogP contribution is 2.39. The lowest BCUT2D eigenvalue weighted by Gasteiger charge is -2.42. The number of ether oxygens (including phenoxy) is 2. The molecule has 0 bridgehead atoms. The Kier molecular flexibility index (Phi) is 8.05. The van der Waals surface area contributed by atoms with Gasteiger partial charge in [0, 0.05) is 38.0 Å². The Bertz CT molecular complexity index is 1110. The van der Waals surface area contributed by atoms with E-state index in [1.165, 1.54) is 10.4 Å². The molecular formula is C24H28Cl2N2O5S. The van der Waals surface area contributed by atoms with Crippen LogP contribution in [0.1, 0.15) is 19.3 Å². The Labute approximate surface area is 210 Å². The highest BCUT2D eigenvalue weighted by atomic mass is 35.5. The molecule has 0 radical (unpaired) electrons. The zero-order chi connectivity index (χ0) is 24.2. The first-order valence-corrected chi connectivity index (χ1v) is 13.5. The quantitative estimate of drug-likeness (QED) is 0.542. The van der Waals surface area contributed by atoms with Crippen molar-refractivity contribution < 1.29 is 22.7 Å². The third-order valence-corrected chi connectivity index (χ3v) is 9.16. The van der Waals surface area contributed by atoms with E-state index in [0.29, 0.717) is 51.4 Å². The number of nitrogens with zero attached hydrogens (tertiary/aromatic N) is 2. The zero-order valence-electron chi connectivity index (χ0n) is 18.8. The monoisotopic (exact) mass is 526 g/mol. The fourth-order valence-electron chi connectivity index (χ4n) is 4.50. The largest absolute Gasteiger partial charge is 0.493 e. The first-order valence-electron chi connectivity index (χ1n) is 11.3. The van der Waals surface area contributed by atoms with Crippen LogP contribution in [0.2, 0.25) is 10.0 Å². The second kappa shape index (κ2) is 10.8. The molecule has 2 aliphatic heterocycles. The van der Waals surface area contributed by atoms with Crippen LogP contribution in [0.15, 0.2) is 53.4 Å². The first-order chi connectivity index (χ1) is 16.3. The van der Waals surface area contributed by atoms with Crippen molar-refractivity contribution in [1.82, 2.24) is 9.21 Å². The topological polar surface area (TPSA) is 76.2 Å². The number of hydrogen-bond donors (Lipinski definition) is 0. The van der Waals surface area contributed by atoms with Crippen LogP contribution >= 0.6 is 23.2 Å². The summed E-state index contributed by atoms with van der Waals surface area (Å²) in [5, 5.41) is 0.186. The van der Waals surface area contributed by atoms with Gasteiger partial charge in [0.15, 0.2) is 0 Å². The fraction of sp³-hybridized carbons (Fsp3) is 0.458. The number of amides is 1. The van der Waals surface area contributed by atoms with E-state index < -0.39 is 15.4 Å². The Morgan fingerprint density at radius 3 is 2.50 bits per heavy atom. The van der Waals surface area contributed by atoms with Crippen LogP contribution < -0.4 is 4.74 Å². The molecule has 1 unspecified atom stereocenters. The molecule has 0 aromatic heterocycles. The highest BCUT2D eigenvalue weighted by Gasteiger charge is 2.43. The van der Waals surface area contributed by atoms with Gasteiger partial charge in [0.2, 0.25) is 15.9 Å². The summed E-state index contributed by atoms with van der Waals surface area (Å²) >= 11 is 12.4. The predicted molar refractivity (Wildman–Crippen MR) is 131 cm³/mol. The van der Waals surface area contributed by atoms with Crippen molar-refractivity contribution in [2.24, 2.45) is 5.41 Å². The molecule has 1 atom stereocenters. The van der Waals surface area contributed by atoms with Crippen LogP contribution in [0.4, 0.5) is 0 Å². The lowest BCUT2D eigenvalue weighted by atomic mass is 9.78. The maximum Gasteiger partial charge on any atom is 0.244 e. The number of piperidine rings is 1. The van der Waals surface area contributed by atoms with Crippen LogP contribution in [0.3, 0.4) is 0 Å². The standard InChI is InChI=1S/C24H28Cl2N2O5S/c25-20-8-4-9-21(23(20)26)34(30,31)28-11-5-10-24(17-28,18-33-19-6-2-1-3-7-19)16-22(29)27-12-14-32-15-13-27/h1-4,6-9H,5,10-18H2. The van der Waals surface area contributed by atoms with Crippen molar-refractivity contribution >= 4 is 39.1 Å². The third kappa shape index (κ3) is 5.69. The number of rotatable bonds is 7. The van der Waals surface area contributed by atoms with E-state index in [1.807, 2.05) is 30.3 Å². The summed E-state index contributed by atoms with van der Waals surface area (Å²) in [5.74, 6) is 0.665. The number of para-hydroxylation sites is 1. The van der Waals surface area contributed by atoms with E-state index in [2.05, 4.69) is 0 Å². The van der Waals surface area contributed by atoms with Crippen LogP contribution in [0.5, 0.6) is 5.75 Å². The maximum atomic E-state index is 13.5. The molecule has 0 aliphatic carbocycles. The van der Waals surface area contributed by atoms with Crippen molar-refractivity contribution in [3.8, 4) is 5.75 Å². The van der Waals surface area contributed by atoms with Gasteiger partial charge in [0.1, 0.15) is 10.6 Å². The van der Waals surface area contributed by atoms with E-state index in [1.54, 1.807) is 17.0 Å². The summed E-state index contributed by atoms with van der Waals surface area (Å²) < 4.78 is 39.9. The number of carbonyl (C=O) groups excluding carboxylic acids is 1.